The molecule has 6 heteroatoms. The molecule has 4 rings (SSSR count). The molecule has 28 heavy (non-hydrogen) atoms. The first-order chi connectivity index (χ1) is 13.4. The fourth-order valence-electron chi connectivity index (χ4n) is 4.59. The van der Waals surface area contributed by atoms with Crippen LogP contribution in [0.15, 0.2) is 30.7 Å². The molecule has 0 bridgehead atoms. The predicted molar refractivity (Wildman–Crippen MR) is 114 cm³/mol. The molecule has 1 saturated carbocycles. The number of nitrogen functional groups attached to an aromatic ring is 1. The molecular weight excluding hydrogens is 348 g/mol. The van der Waals surface area contributed by atoms with Crippen LogP contribution >= 0.6 is 0 Å². The second kappa shape index (κ2) is 7.34. The Hall–Kier alpha value is -2.76. The van der Waals surface area contributed by atoms with Crippen molar-refractivity contribution in [3.63, 3.8) is 0 Å². The van der Waals surface area contributed by atoms with Gasteiger partial charge in [0, 0.05) is 25.9 Å². The summed E-state index contributed by atoms with van der Waals surface area (Å²) in [4.78, 5) is 20.0. The maximum atomic E-state index is 6.27. The van der Waals surface area contributed by atoms with E-state index in [-0.39, 0.29) is 0 Å². The van der Waals surface area contributed by atoms with E-state index in [9.17, 15) is 0 Å². The number of nitrogens with zero attached hydrogens (tertiary/aromatic N) is 5. The predicted octanol–water partition coefficient (Wildman–Crippen LogP) is 4.27. The van der Waals surface area contributed by atoms with Gasteiger partial charge in [-0.1, -0.05) is 13.8 Å². The molecule has 2 N–H and O–H groups in total. The Morgan fingerprint density at radius 1 is 1.00 bits per heavy atom. The maximum Gasteiger partial charge on any atom is 0.165 e. The molecule has 2 unspecified atom stereocenters. The summed E-state index contributed by atoms with van der Waals surface area (Å²) in [6.45, 7) is 4.69. The van der Waals surface area contributed by atoms with Crippen LogP contribution in [0.4, 0.5) is 11.6 Å². The van der Waals surface area contributed by atoms with Crippen LogP contribution in [0.3, 0.4) is 0 Å². The molecule has 6 nitrogen and oxygen atoms in total. The molecule has 1 aliphatic rings. The zero-order valence-corrected chi connectivity index (χ0v) is 17.1. The van der Waals surface area contributed by atoms with E-state index in [0.29, 0.717) is 29.2 Å². The van der Waals surface area contributed by atoms with Gasteiger partial charge in [0.25, 0.3) is 0 Å². The van der Waals surface area contributed by atoms with E-state index in [1.54, 1.807) is 0 Å². The minimum atomic E-state index is 0.449. The van der Waals surface area contributed by atoms with Crippen LogP contribution in [0.2, 0.25) is 0 Å². The van der Waals surface area contributed by atoms with E-state index >= 15 is 0 Å². The second-order valence-corrected chi connectivity index (χ2v) is 8.47. The van der Waals surface area contributed by atoms with Crippen molar-refractivity contribution in [2.75, 3.05) is 24.7 Å². The van der Waals surface area contributed by atoms with Crippen LogP contribution in [0.25, 0.3) is 22.3 Å². The van der Waals surface area contributed by atoms with E-state index in [4.69, 9.17) is 10.7 Å². The number of anilines is 2. The summed E-state index contributed by atoms with van der Waals surface area (Å²) in [6.07, 6.45) is 6.99. The summed E-state index contributed by atoms with van der Waals surface area (Å²) in [5.41, 5.74) is 10.0. The van der Waals surface area contributed by atoms with Crippen LogP contribution in [0.5, 0.6) is 0 Å². The third-order valence-electron chi connectivity index (χ3n) is 5.78. The molecular formula is C22H28N6. The van der Waals surface area contributed by atoms with Crippen molar-refractivity contribution in [1.82, 2.24) is 19.9 Å². The third-order valence-corrected chi connectivity index (χ3v) is 5.78. The summed E-state index contributed by atoms with van der Waals surface area (Å²) in [7, 11) is 3.97. The van der Waals surface area contributed by atoms with Gasteiger partial charge in [-0.15, -0.1) is 0 Å². The van der Waals surface area contributed by atoms with E-state index in [1.807, 2.05) is 31.3 Å². The SMILES string of the molecule is CC1CC(C)CC(c2cc(-c3ccc(N(C)C)nc3)nc3ncnc(N)c23)C1. The Bertz CT molecular complexity index is 972. The second-order valence-electron chi connectivity index (χ2n) is 8.47. The van der Waals surface area contributed by atoms with E-state index in [2.05, 4.69) is 40.9 Å². The molecule has 0 aliphatic heterocycles. The molecule has 146 valence electrons. The Morgan fingerprint density at radius 2 is 1.75 bits per heavy atom. The molecule has 3 aromatic rings. The standard InChI is InChI=1S/C22H28N6/c1-13-7-14(2)9-16(8-13)17-10-18(15-5-6-19(24-11-15)28(3)4)27-22-20(17)21(23)25-12-26-22/h5-6,10-14,16H,7-9H2,1-4H3,(H2,23,25,26,27). The van der Waals surface area contributed by atoms with Gasteiger partial charge in [0.15, 0.2) is 5.65 Å². The molecule has 2 atom stereocenters. The molecule has 0 spiro atoms. The normalized spacial score (nSPS) is 22.4. The van der Waals surface area contributed by atoms with Gasteiger partial charge in [-0.25, -0.2) is 19.9 Å². The molecule has 3 aromatic heterocycles. The zero-order chi connectivity index (χ0) is 19.8. The van der Waals surface area contributed by atoms with Crippen molar-refractivity contribution in [3.05, 3.63) is 36.3 Å². The van der Waals surface area contributed by atoms with Gasteiger partial charge < -0.3 is 10.6 Å². The topological polar surface area (TPSA) is 80.8 Å². The van der Waals surface area contributed by atoms with Gasteiger partial charge in [-0.05, 0) is 60.8 Å². The molecule has 1 fully saturated rings. The zero-order valence-electron chi connectivity index (χ0n) is 17.1. The largest absolute Gasteiger partial charge is 0.383 e. The number of pyridine rings is 2. The number of aromatic nitrogens is 4. The third kappa shape index (κ3) is 3.51. The van der Waals surface area contributed by atoms with Crippen LogP contribution < -0.4 is 10.6 Å². The molecule has 0 aromatic carbocycles. The number of hydrogen-bond acceptors (Lipinski definition) is 6. The number of hydrogen-bond donors (Lipinski definition) is 1. The van der Waals surface area contributed by atoms with Crippen molar-refractivity contribution in [2.24, 2.45) is 11.8 Å². The van der Waals surface area contributed by atoms with E-state index < -0.39 is 0 Å². The Morgan fingerprint density at radius 3 is 2.39 bits per heavy atom. The fraction of sp³-hybridized carbons (Fsp3) is 0.455. The number of fused-ring (bicyclic) bond motifs is 1. The molecule has 3 heterocycles. The average Bonchev–Trinajstić information content (AvgIpc) is 2.66. The fourth-order valence-corrected chi connectivity index (χ4v) is 4.59. The van der Waals surface area contributed by atoms with Crippen molar-refractivity contribution >= 4 is 22.7 Å². The first-order valence-electron chi connectivity index (χ1n) is 9.97. The first kappa shape index (κ1) is 18.6. The van der Waals surface area contributed by atoms with Gasteiger partial charge in [0.05, 0.1) is 11.1 Å². The number of nitrogens with two attached hydrogens (primary N) is 1. The molecule has 0 saturated heterocycles. The highest BCUT2D eigenvalue weighted by Crippen LogP contribution is 2.42. The summed E-state index contributed by atoms with van der Waals surface area (Å²) in [5, 5.41) is 0.912. The van der Waals surface area contributed by atoms with Gasteiger partial charge in [-0.3, -0.25) is 0 Å². The van der Waals surface area contributed by atoms with Crippen LogP contribution in [0.1, 0.15) is 44.6 Å². The minimum Gasteiger partial charge on any atom is -0.383 e. The average molecular weight is 377 g/mol. The van der Waals surface area contributed by atoms with Gasteiger partial charge in [0.2, 0.25) is 0 Å². The first-order valence-corrected chi connectivity index (χ1v) is 9.97. The molecule has 0 radical (unpaired) electrons. The molecule has 1 aliphatic carbocycles. The van der Waals surface area contributed by atoms with E-state index in [1.165, 1.54) is 18.3 Å². The van der Waals surface area contributed by atoms with Crippen molar-refractivity contribution in [2.45, 2.75) is 39.0 Å². The monoisotopic (exact) mass is 376 g/mol. The lowest BCUT2D eigenvalue weighted by molar-refractivity contribution is 0.269. The maximum absolute atomic E-state index is 6.27. The van der Waals surface area contributed by atoms with Crippen LogP contribution in [-0.2, 0) is 0 Å². The Kier molecular flexibility index (Phi) is 4.87. The Balaban J connectivity index is 1.85. The van der Waals surface area contributed by atoms with Gasteiger partial charge >= 0.3 is 0 Å². The van der Waals surface area contributed by atoms with Crippen LogP contribution in [-0.4, -0.2) is 34.0 Å². The van der Waals surface area contributed by atoms with Gasteiger partial charge in [0.1, 0.15) is 18.0 Å². The minimum absolute atomic E-state index is 0.449. The van der Waals surface area contributed by atoms with E-state index in [0.717, 1.165) is 35.3 Å². The summed E-state index contributed by atoms with van der Waals surface area (Å²) >= 11 is 0. The van der Waals surface area contributed by atoms with Crippen molar-refractivity contribution < 1.29 is 0 Å². The lowest BCUT2D eigenvalue weighted by atomic mass is 9.73. The lowest BCUT2D eigenvalue weighted by Crippen LogP contribution is -2.19. The summed E-state index contributed by atoms with van der Waals surface area (Å²) < 4.78 is 0. The summed E-state index contributed by atoms with van der Waals surface area (Å²) in [5.74, 6) is 3.29. The van der Waals surface area contributed by atoms with Crippen molar-refractivity contribution in [1.29, 1.82) is 0 Å². The smallest absolute Gasteiger partial charge is 0.165 e. The molecule has 0 amide bonds. The summed E-state index contributed by atoms with van der Waals surface area (Å²) in [6, 6.07) is 6.26. The Labute approximate surface area is 166 Å². The van der Waals surface area contributed by atoms with Crippen molar-refractivity contribution in [3.8, 4) is 11.3 Å². The lowest BCUT2D eigenvalue weighted by Gasteiger charge is -2.32. The highest BCUT2D eigenvalue weighted by molar-refractivity contribution is 5.90. The highest BCUT2D eigenvalue weighted by atomic mass is 15.1. The highest BCUT2D eigenvalue weighted by Gasteiger charge is 2.28. The van der Waals surface area contributed by atoms with Gasteiger partial charge in [-0.2, -0.15) is 0 Å². The van der Waals surface area contributed by atoms with Crippen LogP contribution in [0, 0.1) is 11.8 Å². The number of rotatable bonds is 3. The quantitative estimate of drug-likeness (QED) is 0.735.